The van der Waals surface area contributed by atoms with Gasteiger partial charge < -0.3 is 9.47 Å². The third-order valence-electron chi connectivity index (χ3n) is 3.87. The van der Waals surface area contributed by atoms with Gasteiger partial charge in [0.2, 0.25) is 0 Å². The van der Waals surface area contributed by atoms with Crippen molar-refractivity contribution in [3.63, 3.8) is 0 Å². The van der Waals surface area contributed by atoms with Gasteiger partial charge in [-0.05, 0) is 37.3 Å². The van der Waals surface area contributed by atoms with E-state index >= 15 is 0 Å². The quantitative estimate of drug-likeness (QED) is 0.668. The van der Waals surface area contributed by atoms with E-state index in [4.69, 9.17) is 9.47 Å². The van der Waals surface area contributed by atoms with Crippen molar-refractivity contribution in [3.05, 3.63) is 59.7 Å². The van der Waals surface area contributed by atoms with Crippen molar-refractivity contribution < 1.29 is 18.7 Å². The molecular formula is C18H18FN3O3. The van der Waals surface area contributed by atoms with Crippen LogP contribution in [0.2, 0.25) is 0 Å². The van der Waals surface area contributed by atoms with Gasteiger partial charge in [-0.15, -0.1) is 0 Å². The molecule has 25 heavy (non-hydrogen) atoms. The van der Waals surface area contributed by atoms with Gasteiger partial charge in [0, 0.05) is 30.6 Å². The monoisotopic (exact) mass is 343 g/mol. The average molecular weight is 343 g/mol. The van der Waals surface area contributed by atoms with Gasteiger partial charge in [-0.25, -0.2) is 8.91 Å². The Kier molecular flexibility index (Phi) is 4.67. The van der Waals surface area contributed by atoms with Crippen LogP contribution in [-0.4, -0.2) is 36.5 Å². The van der Waals surface area contributed by atoms with Crippen molar-refractivity contribution in [1.29, 1.82) is 0 Å². The van der Waals surface area contributed by atoms with Crippen LogP contribution in [0.4, 0.5) is 10.1 Å². The van der Waals surface area contributed by atoms with Gasteiger partial charge in [0.15, 0.2) is 11.6 Å². The summed E-state index contributed by atoms with van der Waals surface area (Å²) in [6.45, 7) is 1.90. The fraction of sp³-hybridized carbons (Fsp3) is 0.222. The van der Waals surface area contributed by atoms with Crippen LogP contribution in [0.15, 0.2) is 42.6 Å². The first-order valence-electron chi connectivity index (χ1n) is 7.64. The molecule has 0 spiro atoms. The number of rotatable bonds is 5. The Bertz CT molecular complexity index is 923. The smallest absolute Gasteiger partial charge is 0.260 e. The average Bonchev–Trinajstić information content (AvgIpc) is 3.09. The SMILES string of the molecule is COCN(C(=O)c1cc(C)n2nccc2c1)c1ccc(F)c(OC)c1. The van der Waals surface area contributed by atoms with Gasteiger partial charge in [0.25, 0.3) is 5.91 Å². The molecule has 1 amide bonds. The Balaban J connectivity index is 2.03. The molecule has 130 valence electrons. The number of carbonyl (C=O) groups is 1. The number of anilines is 1. The van der Waals surface area contributed by atoms with Crippen LogP contribution in [0, 0.1) is 12.7 Å². The molecule has 0 unspecified atom stereocenters. The molecule has 0 atom stereocenters. The van der Waals surface area contributed by atoms with E-state index in [1.54, 1.807) is 22.8 Å². The molecule has 0 radical (unpaired) electrons. The Morgan fingerprint density at radius 3 is 2.76 bits per heavy atom. The number of aryl methyl sites for hydroxylation is 1. The molecule has 7 heteroatoms. The minimum absolute atomic E-state index is 0.0249. The van der Waals surface area contributed by atoms with Crippen LogP contribution >= 0.6 is 0 Å². The maximum absolute atomic E-state index is 13.7. The van der Waals surface area contributed by atoms with E-state index in [-0.39, 0.29) is 18.4 Å². The maximum Gasteiger partial charge on any atom is 0.260 e. The van der Waals surface area contributed by atoms with E-state index in [9.17, 15) is 9.18 Å². The number of methoxy groups -OCH3 is 2. The molecule has 2 aromatic heterocycles. The summed E-state index contributed by atoms with van der Waals surface area (Å²) in [6, 6.07) is 9.58. The number of aromatic nitrogens is 2. The summed E-state index contributed by atoms with van der Waals surface area (Å²) in [4.78, 5) is 14.4. The molecule has 0 aliphatic rings. The van der Waals surface area contributed by atoms with Crippen molar-refractivity contribution in [1.82, 2.24) is 9.61 Å². The van der Waals surface area contributed by atoms with E-state index in [0.29, 0.717) is 11.3 Å². The number of hydrogen-bond acceptors (Lipinski definition) is 4. The maximum atomic E-state index is 13.7. The van der Waals surface area contributed by atoms with Crippen molar-refractivity contribution >= 4 is 17.1 Å². The lowest BCUT2D eigenvalue weighted by Crippen LogP contribution is -2.33. The number of nitrogens with zero attached hydrogens (tertiary/aromatic N) is 3. The third-order valence-corrected chi connectivity index (χ3v) is 3.87. The van der Waals surface area contributed by atoms with Gasteiger partial charge in [0.05, 0.1) is 18.3 Å². The molecule has 3 aromatic rings. The predicted octanol–water partition coefficient (Wildman–Crippen LogP) is 3.04. The van der Waals surface area contributed by atoms with Crippen LogP contribution in [0.1, 0.15) is 16.1 Å². The highest BCUT2D eigenvalue weighted by Crippen LogP contribution is 2.26. The second-order valence-electron chi connectivity index (χ2n) is 5.52. The number of carbonyl (C=O) groups excluding carboxylic acids is 1. The molecule has 2 heterocycles. The molecule has 0 saturated carbocycles. The Hall–Kier alpha value is -2.93. The molecule has 0 saturated heterocycles. The van der Waals surface area contributed by atoms with E-state index in [1.807, 2.05) is 13.0 Å². The standard InChI is InChI=1S/C18H18FN3O3/c1-12-8-13(9-15-6-7-20-22(12)15)18(23)21(11-24-2)14-4-5-16(19)17(10-14)25-3/h4-10H,11H2,1-3H3. The molecule has 0 fully saturated rings. The Morgan fingerprint density at radius 1 is 1.24 bits per heavy atom. The summed E-state index contributed by atoms with van der Waals surface area (Å²) in [5.41, 5.74) is 2.62. The number of benzene rings is 1. The summed E-state index contributed by atoms with van der Waals surface area (Å²) in [5, 5.41) is 4.20. The second kappa shape index (κ2) is 6.90. The van der Waals surface area contributed by atoms with Gasteiger partial charge in [-0.1, -0.05) is 0 Å². The molecule has 0 N–H and O–H groups in total. The van der Waals surface area contributed by atoms with Crippen LogP contribution < -0.4 is 9.64 Å². The lowest BCUT2D eigenvalue weighted by atomic mass is 10.1. The topological polar surface area (TPSA) is 56.1 Å². The molecule has 0 bridgehead atoms. The Morgan fingerprint density at radius 2 is 2.04 bits per heavy atom. The van der Waals surface area contributed by atoms with Gasteiger partial charge in [0.1, 0.15) is 6.73 Å². The van der Waals surface area contributed by atoms with E-state index in [2.05, 4.69) is 5.10 Å². The van der Waals surface area contributed by atoms with Gasteiger partial charge in [-0.2, -0.15) is 5.10 Å². The zero-order valence-electron chi connectivity index (χ0n) is 14.2. The van der Waals surface area contributed by atoms with Gasteiger partial charge >= 0.3 is 0 Å². The minimum atomic E-state index is -0.493. The van der Waals surface area contributed by atoms with Gasteiger partial charge in [-0.3, -0.25) is 9.69 Å². The zero-order chi connectivity index (χ0) is 18.0. The Labute approximate surface area is 144 Å². The van der Waals surface area contributed by atoms with E-state index < -0.39 is 5.82 Å². The van der Waals surface area contributed by atoms with E-state index in [1.165, 1.54) is 37.3 Å². The zero-order valence-corrected chi connectivity index (χ0v) is 14.2. The first-order valence-corrected chi connectivity index (χ1v) is 7.64. The minimum Gasteiger partial charge on any atom is -0.494 e. The summed E-state index contributed by atoms with van der Waals surface area (Å²) < 4.78 is 25.6. The second-order valence-corrected chi connectivity index (χ2v) is 5.52. The van der Waals surface area contributed by atoms with Crippen LogP contribution in [-0.2, 0) is 4.74 Å². The molecule has 3 rings (SSSR count). The predicted molar refractivity (Wildman–Crippen MR) is 91.6 cm³/mol. The largest absolute Gasteiger partial charge is 0.494 e. The number of amides is 1. The van der Waals surface area contributed by atoms with Crippen molar-refractivity contribution in [2.24, 2.45) is 0 Å². The third kappa shape index (κ3) is 3.18. The first-order chi connectivity index (χ1) is 12.0. The van der Waals surface area contributed by atoms with Crippen LogP contribution in [0.25, 0.3) is 5.52 Å². The summed E-state index contributed by atoms with van der Waals surface area (Å²) in [6.07, 6.45) is 1.67. The molecule has 0 aliphatic carbocycles. The van der Waals surface area contributed by atoms with Crippen molar-refractivity contribution in [2.45, 2.75) is 6.92 Å². The summed E-state index contributed by atoms with van der Waals surface area (Å²) in [5.74, 6) is -0.691. The molecule has 6 nitrogen and oxygen atoms in total. The highest BCUT2D eigenvalue weighted by molar-refractivity contribution is 6.06. The van der Waals surface area contributed by atoms with Crippen molar-refractivity contribution in [3.8, 4) is 5.75 Å². The number of fused-ring (bicyclic) bond motifs is 1. The number of hydrogen-bond donors (Lipinski definition) is 0. The number of pyridine rings is 1. The van der Waals surface area contributed by atoms with Crippen LogP contribution in [0.3, 0.4) is 0 Å². The lowest BCUT2D eigenvalue weighted by molar-refractivity contribution is 0.0936. The fourth-order valence-corrected chi connectivity index (χ4v) is 2.68. The molecule has 1 aromatic carbocycles. The summed E-state index contributed by atoms with van der Waals surface area (Å²) >= 11 is 0. The van der Waals surface area contributed by atoms with E-state index in [0.717, 1.165) is 11.2 Å². The summed E-state index contributed by atoms with van der Waals surface area (Å²) in [7, 11) is 2.87. The normalized spacial score (nSPS) is 10.9. The first kappa shape index (κ1) is 16.9. The molecular weight excluding hydrogens is 325 g/mol. The van der Waals surface area contributed by atoms with Crippen LogP contribution in [0.5, 0.6) is 5.75 Å². The number of halogens is 1. The molecule has 0 aliphatic heterocycles. The number of ether oxygens (including phenoxy) is 2. The highest BCUT2D eigenvalue weighted by Gasteiger charge is 2.20. The van der Waals surface area contributed by atoms with Crippen molar-refractivity contribution in [2.75, 3.05) is 25.9 Å². The highest BCUT2D eigenvalue weighted by atomic mass is 19.1. The fourth-order valence-electron chi connectivity index (χ4n) is 2.68. The lowest BCUT2D eigenvalue weighted by Gasteiger charge is -2.23.